The second kappa shape index (κ2) is 9.43. The number of esters is 1. The molecule has 2 rings (SSSR count). The molecule has 0 aliphatic carbocycles. The van der Waals surface area contributed by atoms with Gasteiger partial charge in [0.05, 0.1) is 5.56 Å². The molecule has 0 unspecified atom stereocenters. The number of alkyl halides is 2. The van der Waals surface area contributed by atoms with E-state index in [2.05, 4.69) is 5.32 Å². The Labute approximate surface area is 152 Å². The SMILES string of the molecule is CSc1ccccc1C(=O)OCC(=O)Nc1ccc(SC(F)F)cc1. The standard InChI is InChI=1S/C17H15F2NO3S2/c1-24-14-5-3-2-4-13(14)16(22)23-10-15(21)20-11-6-8-12(9-7-11)25-17(18)19/h2-9,17H,10H2,1H3,(H,20,21). The van der Waals surface area contributed by atoms with Gasteiger partial charge in [-0.15, -0.1) is 11.8 Å². The number of anilines is 1. The van der Waals surface area contributed by atoms with E-state index in [0.717, 1.165) is 4.90 Å². The van der Waals surface area contributed by atoms with Gasteiger partial charge in [0.15, 0.2) is 6.61 Å². The number of thioether (sulfide) groups is 2. The first-order valence-electron chi connectivity index (χ1n) is 7.14. The predicted octanol–water partition coefficient (Wildman–Crippen LogP) is 4.52. The quantitative estimate of drug-likeness (QED) is 0.563. The molecule has 2 aromatic rings. The van der Waals surface area contributed by atoms with Gasteiger partial charge in [-0.25, -0.2) is 4.79 Å². The summed E-state index contributed by atoms with van der Waals surface area (Å²) in [6, 6.07) is 12.9. The van der Waals surface area contributed by atoms with Gasteiger partial charge in [-0.05, 0) is 42.7 Å². The molecule has 8 heteroatoms. The molecule has 0 aromatic heterocycles. The number of amides is 1. The molecule has 0 heterocycles. The lowest BCUT2D eigenvalue weighted by Crippen LogP contribution is -2.21. The first-order chi connectivity index (χ1) is 12.0. The molecule has 0 radical (unpaired) electrons. The molecular weight excluding hydrogens is 368 g/mol. The van der Waals surface area contributed by atoms with Gasteiger partial charge in [0.25, 0.3) is 11.7 Å². The van der Waals surface area contributed by atoms with Crippen molar-refractivity contribution in [3.63, 3.8) is 0 Å². The second-order valence-corrected chi connectivity index (χ2v) is 6.64. The zero-order chi connectivity index (χ0) is 18.2. The van der Waals surface area contributed by atoms with Crippen molar-refractivity contribution >= 4 is 41.1 Å². The van der Waals surface area contributed by atoms with E-state index in [1.165, 1.54) is 36.0 Å². The first-order valence-corrected chi connectivity index (χ1v) is 9.25. The zero-order valence-corrected chi connectivity index (χ0v) is 14.8. The van der Waals surface area contributed by atoms with Crippen LogP contribution in [0.3, 0.4) is 0 Å². The maximum Gasteiger partial charge on any atom is 0.339 e. The lowest BCUT2D eigenvalue weighted by molar-refractivity contribution is -0.119. The van der Waals surface area contributed by atoms with E-state index in [9.17, 15) is 18.4 Å². The van der Waals surface area contributed by atoms with Crippen molar-refractivity contribution in [1.82, 2.24) is 0 Å². The van der Waals surface area contributed by atoms with E-state index in [-0.39, 0.29) is 0 Å². The monoisotopic (exact) mass is 383 g/mol. The highest BCUT2D eigenvalue weighted by molar-refractivity contribution is 7.99. The van der Waals surface area contributed by atoms with Crippen LogP contribution in [-0.2, 0) is 9.53 Å². The van der Waals surface area contributed by atoms with Gasteiger partial charge in [0.2, 0.25) is 0 Å². The van der Waals surface area contributed by atoms with Gasteiger partial charge in [-0.1, -0.05) is 23.9 Å². The van der Waals surface area contributed by atoms with E-state index >= 15 is 0 Å². The molecule has 1 N–H and O–H groups in total. The summed E-state index contributed by atoms with van der Waals surface area (Å²) in [5.41, 5.74) is 0.834. The van der Waals surface area contributed by atoms with Crippen LogP contribution in [0, 0.1) is 0 Å². The molecule has 0 atom stereocenters. The third kappa shape index (κ3) is 6.06. The molecule has 0 aliphatic rings. The molecular formula is C17H15F2NO3S2. The Balaban J connectivity index is 1.87. The topological polar surface area (TPSA) is 55.4 Å². The maximum absolute atomic E-state index is 12.2. The number of nitrogens with one attached hydrogen (secondary N) is 1. The number of halogens is 2. The lowest BCUT2D eigenvalue weighted by atomic mass is 10.2. The Bertz CT molecular complexity index is 739. The van der Waals surface area contributed by atoms with E-state index in [4.69, 9.17) is 4.74 Å². The fourth-order valence-electron chi connectivity index (χ4n) is 1.94. The smallest absolute Gasteiger partial charge is 0.339 e. The Morgan fingerprint density at radius 1 is 1.12 bits per heavy atom. The average molecular weight is 383 g/mol. The van der Waals surface area contributed by atoms with Crippen LogP contribution in [0.15, 0.2) is 58.3 Å². The van der Waals surface area contributed by atoms with Crippen molar-refractivity contribution in [2.75, 3.05) is 18.2 Å². The molecule has 0 aliphatic heterocycles. The minimum Gasteiger partial charge on any atom is -0.452 e. The van der Waals surface area contributed by atoms with Crippen LogP contribution in [0.2, 0.25) is 0 Å². The zero-order valence-electron chi connectivity index (χ0n) is 13.2. The van der Waals surface area contributed by atoms with Crippen molar-refractivity contribution < 1.29 is 23.1 Å². The molecule has 25 heavy (non-hydrogen) atoms. The minimum atomic E-state index is -2.50. The number of hydrogen-bond acceptors (Lipinski definition) is 5. The highest BCUT2D eigenvalue weighted by Crippen LogP contribution is 2.26. The van der Waals surface area contributed by atoms with E-state index in [1.54, 1.807) is 18.2 Å². The molecule has 1 amide bonds. The highest BCUT2D eigenvalue weighted by atomic mass is 32.2. The molecule has 0 saturated carbocycles. The van der Waals surface area contributed by atoms with Gasteiger partial charge < -0.3 is 10.1 Å². The van der Waals surface area contributed by atoms with Crippen LogP contribution >= 0.6 is 23.5 Å². The summed E-state index contributed by atoms with van der Waals surface area (Å²) in [4.78, 5) is 25.0. The molecule has 132 valence electrons. The molecule has 0 fully saturated rings. The van der Waals surface area contributed by atoms with Gasteiger partial charge in [-0.2, -0.15) is 8.78 Å². The van der Waals surface area contributed by atoms with Gasteiger partial charge in [0.1, 0.15) is 0 Å². The van der Waals surface area contributed by atoms with Crippen molar-refractivity contribution in [3.8, 4) is 0 Å². The third-order valence-corrected chi connectivity index (χ3v) is 4.54. The molecule has 0 spiro atoms. The number of rotatable bonds is 7. The van der Waals surface area contributed by atoms with Gasteiger partial charge >= 0.3 is 5.97 Å². The summed E-state index contributed by atoms with van der Waals surface area (Å²) < 4.78 is 29.5. The number of carbonyl (C=O) groups excluding carboxylic acids is 2. The molecule has 2 aromatic carbocycles. The Morgan fingerprint density at radius 3 is 2.44 bits per heavy atom. The van der Waals surface area contributed by atoms with Crippen LogP contribution in [0.5, 0.6) is 0 Å². The number of ether oxygens (including phenoxy) is 1. The first kappa shape index (κ1) is 19.3. The fourth-order valence-corrected chi connectivity index (χ4v) is 3.02. The summed E-state index contributed by atoms with van der Waals surface area (Å²) in [6.07, 6.45) is 1.84. The third-order valence-electron chi connectivity index (χ3n) is 3.02. The number of hydrogen-bond donors (Lipinski definition) is 1. The van der Waals surface area contributed by atoms with Crippen molar-refractivity contribution in [1.29, 1.82) is 0 Å². The van der Waals surface area contributed by atoms with Crippen LogP contribution in [0.25, 0.3) is 0 Å². The van der Waals surface area contributed by atoms with Crippen molar-refractivity contribution in [2.45, 2.75) is 15.5 Å². The van der Waals surface area contributed by atoms with Crippen LogP contribution in [0.4, 0.5) is 14.5 Å². The lowest BCUT2D eigenvalue weighted by Gasteiger charge is -2.09. The highest BCUT2D eigenvalue weighted by Gasteiger charge is 2.14. The summed E-state index contributed by atoms with van der Waals surface area (Å²) >= 11 is 1.83. The number of carbonyl (C=O) groups is 2. The van der Waals surface area contributed by atoms with E-state index in [1.807, 2.05) is 12.3 Å². The van der Waals surface area contributed by atoms with Gasteiger partial charge in [0, 0.05) is 15.5 Å². The number of benzene rings is 2. The van der Waals surface area contributed by atoms with Crippen molar-refractivity contribution in [3.05, 3.63) is 54.1 Å². The summed E-state index contributed by atoms with van der Waals surface area (Å²) in [5, 5.41) is 2.54. The molecule has 0 bridgehead atoms. The van der Waals surface area contributed by atoms with Crippen LogP contribution in [0.1, 0.15) is 10.4 Å². The Kier molecular flexibility index (Phi) is 7.27. The van der Waals surface area contributed by atoms with E-state index < -0.39 is 24.2 Å². The normalized spacial score (nSPS) is 10.6. The van der Waals surface area contributed by atoms with Gasteiger partial charge in [-0.3, -0.25) is 4.79 Å². The Hall–Kier alpha value is -2.06. The maximum atomic E-state index is 12.2. The van der Waals surface area contributed by atoms with E-state index in [0.29, 0.717) is 27.9 Å². The summed E-state index contributed by atoms with van der Waals surface area (Å²) in [5.74, 6) is -3.59. The summed E-state index contributed by atoms with van der Waals surface area (Å²) in [7, 11) is 0. The van der Waals surface area contributed by atoms with Crippen molar-refractivity contribution in [2.24, 2.45) is 0 Å². The average Bonchev–Trinajstić information content (AvgIpc) is 2.61. The minimum absolute atomic E-state index is 0.396. The summed E-state index contributed by atoms with van der Waals surface area (Å²) in [6.45, 7) is -0.435. The fraction of sp³-hybridized carbons (Fsp3) is 0.176. The predicted molar refractivity (Wildman–Crippen MR) is 95.4 cm³/mol. The van der Waals surface area contributed by atoms with Crippen LogP contribution in [-0.4, -0.2) is 30.5 Å². The second-order valence-electron chi connectivity index (χ2n) is 4.73. The Morgan fingerprint density at radius 2 is 1.80 bits per heavy atom. The van der Waals surface area contributed by atoms with Crippen LogP contribution < -0.4 is 5.32 Å². The molecule has 0 saturated heterocycles. The largest absolute Gasteiger partial charge is 0.452 e. The molecule has 4 nitrogen and oxygen atoms in total.